The lowest BCUT2D eigenvalue weighted by atomic mass is 10.2. The van der Waals surface area contributed by atoms with Crippen molar-refractivity contribution < 1.29 is 9.72 Å². The third-order valence-corrected chi connectivity index (χ3v) is 2.57. The fraction of sp³-hybridized carbons (Fsp3) is 0.0833. The third kappa shape index (κ3) is 2.53. The normalized spacial score (nSPS) is 10.2. The van der Waals surface area contributed by atoms with Gasteiger partial charge in [0.15, 0.2) is 0 Å². The quantitative estimate of drug-likeness (QED) is 0.635. The van der Waals surface area contributed by atoms with Crippen LogP contribution in [0.25, 0.3) is 11.4 Å². The van der Waals surface area contributed by atoms with Gasteiger partial charge in [-0.1, -0.05) is 30.3 Å². The van der Waals surface area contributed by atoms with E-state index in [1.54, 1.807) is 30.3 Å². The Morgan fingerprint density at radius 2 is 2.00 bits per heavy atom. The molecule has 0 radical (unpaired) electrons. The van der Waals surface area contributed by atoms with Crippen molar-refractivity contribution in [1.82, 2.24) is 9.55 Å². The van der Waals surface area contributed by atoms with Crippen LogP contribution in [0.5, 0.6) is 0 Å². The Bertz CT molecular complexity index is 724. The van der Waals surface area contributed by atoms with E-state index in [-0.39, 0.29) is 5.82 Å². The zero-order chi connectivity index (χ0) is 14.7. The van der Waals surface area contributed by atoms with Gasteiger partial charge in [0.2, 0.25) is 5.91 Å². The van der Waals surface area contributed by atoms with Gasteiger partial charge in [-0.25, -0.2) is 4.98 Å². The number of nitrogens with two attached hydrogens (primary N) is 1. The van der Waals surface area contributed by atoms with Crippen molar-refractivity contribution in [2.75, 3.05) is 0 Å². The van der Waals surface area contributed by atoms with Crippen LogP contribution in [0.3, 0.4) is 0 Å². The third-order valence-electron chi connectivity index (χ3n) is 2.57. The summed E-state index contributed by atoms with van der Waals surface area (Å²) in [6.45, 7) is -0.474. The predicted molar refractivity (Wildman–Crippen MR) is 69.8 cm³/mol. The molecule has 0 unspecified atom stereocenters. The average molecular weight is 274 g/mol. The number of carbonyl (C=O) groups excluding carboxylic acids is 1. The Kier molecular flexibility index (Phi) is 3.56. The second-order valence-electron chi connectivity index (χ2n) is 3.95. The molecule has 2 aromatic rings. The van der Waals surface area contributed by atoms with E-state index < -0.39 is 28.6 Å². The SMILES string of the molecule is NC(=O)Cn1c(-c2ccccc2)ncc([N+](=O)[O-])c1=O. The standard InChI is InChI=1S/C12H10N4O4/c13-10(17)7-15-11(8-4-2-1-3-5-8)14-6-9(12(15)18)16(19)20/h1-6H,7H2,(H2,13,17). The zero-order valence-electron chi connectivity index (χ0n) is 10.2. The highest BCUT2D eigenvalue weighted by Crippen LogP contribution is 2.16. The summed E-state index contributed by atoms with van der Waals surface area (Å²) in [6, 6.07) is 8.55. The molecule has 8 heteroatoms. The summed E-state index contributed by atoms with van der Waals surface area (Å²) < 4.78 is 0.899. The molecule has 1 amide bonds. The zero-order valence-corrected chi connectivity index (χ0v) is 10.2. The molecule has 0 aliphatic rings. The monoisotopic (exact) mass is 274 g/mol. The summed E-state index contributed by atoms with van der Waals surface area (Å²) in [6.07, 6.45) is 0.877. The van der Waals surface area contributed by atoms with Crippen molar-refractivity contribution in [2.24, 2.45) is 5.73 Å². The van der Waals surface area contributed by atoms with E-state index in [2.05, 4.69) is 4.98 Å². The van der Waals surface area contributed by atoms with E-state index in [4.69, 9.17) is 5.73 Å². The molecule has 0 spiro atoms. The number of primary amides is 1. The largest absolute Gasteiger partial charge is 0.368 e. The summed E-state index contributed by atoms with van der Waals surface area (Å²) in [7, 11) is 0. The van der Waals surface area contributed by atoms with Gasteiger partial charge in [-0.3, -0.25) is 24.3 Å². The van der Waals surface area contributed by atoms with Crippen LogP contribution < -0.4 is 11.3 Å². The highest BCUT2D eigenvalue weighted by atomic mass is 16.6. The second-order valence-corrected chi connectivity index (χ2v) is 3.95. The van der Waals surface area contributed by atoms with Gasteiger partial charge in [0.1, 0.15) is 18.6 Å². The fourth-order valence-electron chi connectivity index (χ4n) is 1.73. The van der Waals surface area contributed by atoms with Crippen LogP contribution in [0, 0.1) is 10.1 Å². The molecule has 1 aromatic carbocycles. The number of hydrogen-bond donors (Lipinski definition) is 1. The molecule has 1 heterocycles. The van der Waals surface area contributed by atoms with Crippen LogP contribution >= 0.6 is 0 Å². The Morgan fingerprint density at radius 3 is 2.55 bits per heavy atom. The first-order chi connectivity index (χ1) is 9.50. The number of rotatable bonds is 4. The maximum Gasteiger partial charge on any atom is 0.352 e. The summed E-state index contributed by atoms with van der Waals surface area (Å²) in [5, 5.41) is 10.7. The molecule has 2 N–H and O–H groups in total. The van der Waals surface area contributed by atoms with Crippen molar-refractivity contribution in [3.8, 4) is 11.4 Å². The molecule has 0 fully saturated rings. The number of amides is 1. The van der Waals surface area contributed by atoms with Crippen molar-refractivity contribution in [3.63, 3.8) is 0 Å². The lowest BCUT2D eigenvalue weighted by Gasteiger charge is -2.09. The Labute approximate surface area is 112 Å². The van der Waals surface area contributed by atoms with E-state index in [0.29, 0.717) is 5.56 Å². The Hall–Kier alpha value is -3.03. The number of nitrogens with zero attached hydrogens (tertiary/aromatic N) is 3. The molecule has 0 aliphatic heterocycles. The topological polar surface area (TPSA) is 121 Å². The van der Waals surface area contributed by atoms with Crippen LogP contribution in [0.2, 0.25) is 0 Å². The molecule has 0 saturated carbocycles. The predicted octanol–water partition coefficient (Wildman–Crippen LogP) is 0.304. The molecule has 0 saturated heterocycles. The van der Waals surface area contributed by atoms with Gasteiger partial charge in [-0.2, -0.15) is 0 Å². The van der Waals surface area contributed by atoms with Gasteiger partial charge < -0.3 is 5.73 Å². The molecule has 2 rings (SSSR count). The highest BCUT2D eigenvalue weighted by Gasteiger charge is 2.20. The molecule has 20 heavy (non-hydrogen) atoms. The molecular formula is C12H10N4O4. The van der Waals surface area contributed by atoms with Crippen molar-refractivity contribution in [3.05, 3.63) is 57.0 Å². The van der Waals surface area contributed by atoms with Crippen LogP contribution in [0.1, 0.15) is 0 Å². The van der Waals surface area contributed by atoms with E-state index in [0.717, 1.165) is 10.8 Å². The average Bonchev–Trinajstić information content (AvgIpc) is 2.41. The number of hydrogen-bond acceptors (Lipinski definition) is 5. The summed E-state index contributed by atoms with van der Waals surface area (Å²) in [5.41, 5.74) is 4.01. The van der Waals surface area contributed by atoms with Crippen molar-refractivity contribution >= 4 is 11.6 Å². The minimum Gasteiger partial charge on any atom is -0.368 e. The maximum absolute atomic E-state index is 12.0. The minimum atomic E-state index is -0.914. The summed E-state index contributed by atoms with van der Waals surface area (Å²) in [4.78, 5) is 36.9. The molecule has 1 aromatic heterocycles. The number of benzene rings is 1. The first-order valence-electron chi connectivity index (χ1n) is 5.58. The summed E-state index contributed by atoms with van der Waals surface area (Å²) in [5.74, 6) is -0.633. The lowest BCUT2D eigenvalue weighted by molar-refractivity contribution is -0.386. The Morgan fingerprint density at radius 1 is 1.35 bits per heavy atom. The van der Waals surface area contributed by atoms with Crippen molar-refractivity contribution in [2.45, 2.75) is 6.54 Å². The molecule has 0 bridgehead atoms. The van der Waals surface area contributed by atoms with Gasteiger partial charge >= 0.3 is 11.2 Å². The minimum absolute atomic E-state index is 0.153. The van der Waals surface area contributed by atoms with Gasteiger partial charge in [0.25, 0.3) is 0 Å². The van der Waals surface area contributed by atoms with E-state index >= 15 is 0 Å². The Balaban J connectivity index is 2.69. The van der Waals surface area contributed by atoms with E-state index in [1.807, 2.05) is 0 Å². The van der Waals surface area contributed by atoms with Crippen LogP contribution in [-0.2, 0) is 11.3 Å². The van der Waals surface area contributed by atoms with Gasteiger partial charge in [-0.05, 0) is 0 Å². The number of carbonyl (C=O) groups is 1. The number of nitro groups is 1. The van der Waals surface area contributed by atoms with Gasteiger partial charge in [0, 0.05) is 5.56 Å². The van der Waals surface area contributed by atoms with E-state index in [1.165, 1.54) is 0 Å². The van der Waals surface area contributed by atoms with Crippen LogP contribution in [-0.4, -0.2) is 20.4 Å². The molecule has 0 atom stereocenters. The smallest absolute Gasteiger partial charge is 0.352 e. The fourth-order valence-corrected chi connectivity index (χ4v) is 1.73. The summed E-state index contributed by atoms with van der Waals surface area (Å²) >= 11 is 0. The number of aromatic nitrogens is 2. The molecule has 0 aliphatic carbocycles. The molecule has 102 valence electrons. The van der Waals surface area contributed by atoms with Gasteiger partial charge in [-0.15, -0.1) is 0 Å². The van der Waals surface area contributed by atoms with Crippen LogP contribution in [0.4, 0.5) is 5.69 Å². The highest BCUT2D eigenvalue weighted by molar-refractivity contribution is 5.74. The second kappa shape index (κ2) is 5.31. The maximum atomic E-state index is 12.0. The van der Waals surface area contributed by atoms with Crippen LogP contribution in [0.15, 0.2) is 41.3 Å². The van der Waals surface area contributed by atoms with E-state index in [9.17, 15) is 19.7 Å². The van der Waals surface area contributed by atoms with Gasteiger partial charge in [0.05, 0.1) is 4.92 Å². The van der Waals surface area contributed by atoms with Crippen molar-refractivity contribution in [1.29, 1.82) is 0 Å². The molecular weight excluding hydrogens is 264 g/mol. The lowest BCUT2D eigenvalue weighted by Crippen LogP contribution is -2.31. The first-order valence-corrected chi connectivity index (χ1v) is 5.58. The first kappa shape index (κ1) is 13.4. The molecule has 8 nitrogen and oxygen atoms in total.